The average molecular weight is 436 g/mol. The highest BCUT2D eigenvalue weighted by Gasteiger charge is 2.34. The first kappa shape index (κ1) is 22.1. The van der Waals surface area contributed by atoms with Gasteiger partial charge in [0.1, 0.15) is 0 Å². The normalized spacial score (nSPS) is 12.0. The van der Waals surface area contributed by atoms with E-state index in [1.165, 1.54) is 4.90 Å². The highest BCUT2D eigenvalue weighted by molar-refractivity contribution is 7.89. The fourth-order valence-electron chi connectivity index (χ4n) is 2.31. The molecular weight excluding hydrogens is 419 g/mol. The fraction of sp³-hybridized carbons (Fsp3) is 0.294. The van der Waals surface area contributed by atoms with Crippen LogP contribution in [0.15, 0.2) is 47.6 Å². The number of alkyl halides is 3. The maximum absolute atomic E-state index is 12.9. The van der Waals surface area contributed by atoms with Gasteiger partial charge in [0, 0.05) is 39.0 Å². The summed E-state index contributed by atoms with van der Waals surface area (Å²) in [5.41, 5.74) is -0.441. The molecule has 1 aromatic carbocycles. The third-order valence-electron chi connectivity index (χ3n) is 3.75. The number of rotatable bonds is 7. The third kappa shape index (κ3) is 5.91. The molecule has 1 aromatic heterocycles. The van der Waals surface area contributed by atoms with Crippen LogP contribution in [0.1, 0.15) is 17.5 Å². The van der Waals surface area contributed by atoms with E-state index in [9.17, 15) is 26.4 Å². The van der Waals surface area contributed by atoms with Crippen molar-refractivity contribution in [2.24, 2.45) is 0 Å². The first-order valence-electron chi connectivity index (χ1n) is 8.00. The first-order valence-corrected chi connectivity index (χ1v) is 9.86. The van der Waals surface area contributed by atoms with Crippen molar-refractivity contribution >= 4 is 27.5 Å². The number of nitrogens with zero attached hydrogens (tertiary/aromatic N) is 2. The van der Waals surface area contributed by atoms with E-state index in [0.29, 0.717) is 12.6 Å². The number of hydrogen-bond donors (Lipinski definition) is 1. The lowest BCUT2D eigenvalue weighted by atomic mass is 10.2. The standard InChI is InChI=1S/C17H17ClF3N3O3S/c1-24(11-12-3-2-7-22-10-12)16(25)6-8-23-28(26,27)13-4-5-15(18)14(9-13)17(19,20)21/h2-5,7,9-10,23H,6,8,11H2,1H3. The first-order chi connectivity index (χ1) is 13.0. The molecule has 0 saturated carbocycles. The molecular formula is C17H17ClF3N3O3S. The van der Waals surface area contributed by atoms with E-state index in [1.807, 2.05) is 0 Å². The van der Waals surface area contributed by atoms with Crippen LogP contribution in [0, 0.1) is 0 Å². The van der Waals surface area contributed by atoms with Crippen LogP contribution in [-0.4, -0.2) is 37.8 Å². The molecule has 0 fully saturated rings. The lowest BCUT2D eigenvalue weighted by Gasteiger charge is -2.17. The Balaban J connectivity index is 1.97. The van der Waals surface area contributed by atoms with Crippen molar-refractivity contribution in [2.45, 2.75) is 24.0 Å². The number of pyridine rings is 1. The molecule has 11 heteroatoms. The van der Waals surface area contributed by atoms with Crippen LogP contribution in [0.3, 0.4) is 0 Å². The number of amides is 1. The van der Waals surface area contributed by atoms with Gasteiger partial charge in [-0.25, -0.2) is 13.1 Å². The van der Waals surface area contributed by atoms with Crippen molar-refractivity contribution in [3.8, 4) is 0 Å². The molecule has 6 nitrogen and oxygen atoms in total. The van der Waals surface area contributed by atoms with Crippen molar-refractivity contribution < 1.29 is 26.4 Å². The van der Waals surface area contributed by atoms with Crippen molar-refractivity contribution in [3.63, 3.8) is 0 Å². The van der Waals surface area contributed by atoms with Gasteiger partial charge in [0.2, 0.25) is 15.9 Å². The lowest BCUT2D eigenvalue weighted by molar-refractivity contribution is -0.137. The zero-order chi connectivity index (χ0) is 20.9. The topological polar surface area (TPSA) is 79.4 Å². The summed E-state index contributed by atoms with van der Waals surface area (Å²) < 4.78 is 65.2. The van der Waals surface area contributed by atoms with Gasteiger partial charge in [0.05, 0.1) is 15.5 Å². The lowest BCUT2D eigenvalue weighted by Crippen LogP contribution is -2.32. The molecule has 1 heterocycles. The van der Waals surface area contributed by atoms with Gasteiger partial charge in [0.25, 0.3) is 0 Å². The maximum Gasteiger partial charge on any atom is 0.417 e. The molecule has 2 rings (SSSR count). The quantitative estimate of drug-likeness (QED) is 0.724. The van der Waals surface area contributed by atoms with E-state index in [-0.39, 0.29) is 18.9 Å². The molecule has 28 heavy (non-hydrogen) atoms. The Morgan fingerprint density at radius 3 is 2.61 bits per heavy atom. The predicted octanol–water partition coefficient (Wildman–Crippen LogP) is 3.08. The smallest absolute Gasteiger partial charge is 0.341 e. The number of sulfonamides is 1. The summed E-state index contributed by atoms with van der Waals surface area (Å²) in [6, 6.07) is 5.81. The number of nitrogens with one attached hydrogen (secondary N) is 1. The van der Waals surface area contributed by atoms with Gasteiger partial charge in [-0.15, -0.1) is 0 Å². The van der Waals surface area contributed by atoms with Crippen LogP contribution in [0.25, 0.3) is 0 Å². The molecule has 0 bridgehead atoms. The van der Waals surface area contributed by atoms with Gasteiger partial charge in [0.15, 0.2) is 0 Å². The molecule has 0 aliphatic heterocycles. The van der Waals surface area contributed by atoms with Crippen molar-refractivity contribution in [3.05, 3.63) is 58.9 Å². The average Bonchev–Trinajstić information content (AvgIpc) is 2.61. The van der Waals surface area contributed by atoms with Crippen LogP contribution >= 0.6 is 11.6 Å². The molecule has 0 saturated heterocycles. The van der Waals surface area contributed by atoms with Crippen LogP contribution in [0.5, 0.6) is 0 Å². The monoisotopic (exact) mass is 435 g/mol. The molecule has 152 valence electrons. The van der Waals surface area contributed by atoms with Crippen molar-refractivity contribution in [1.29, 1.82) is 0 Å². The summed E-state index contributed by atoms with van der Waals surface area (Å²) >= 11 is 5.49. The minimum Gasteiger partial charge on any atom is -0.341 e. The molecule has 1 amide bonds. The minimum absolute atomic E-state index is 0.157. The molecule has 2 aromatic rings. The van der Waals surface area contributed by atoms with E-state index in [4.69, 9.17) is 11.6 Å². The Labute approximate surface area is 165 Å². The molecule has 0 aliphatic rings. The Morgan fingerprint density at radius 1 is 1.29 bits per heavy atom. The highest BCUT2D eigenvalue weighted by Crippen LogP contribution is 2.35. The molecule has 0 spiro atoms. The fourth-order valence-corrected chi connectivity index (χ4v) is 3.59. The molecule has 0 atom stereocenters. The molecule has 0 aliphatic carbocycles. The van der Waals surface area contributed by atoms with E-state index >= 15 is 0 Å². The predicted molar refractivity (Wildman–Crippen MR) is 97.0 cm³/mol. The number of hydrogen-bond acceptors (Lipinski definition) is 4. The van der Waals surface area contributed by atoms with E-state index in [1.54, 1.807) is 31.6 Å². The Bertz CT molecular complexity index is 938. The molecule has 1 N–H and O–H groups in total. The Kier molecular flexibility index (Phi) is 7.02. The maximum atomic E-state index is 12.9. The summed E-state index contributed by atoms with van der Waals surface area (Å²) in [6.07, 6.45) is -1.74. The third-order valence-corrected chi connectivity index (χ3v) is 5.54. The number of benzene rings is 1. The summed E-state index contributed by atoms with van der Waals surface area (Å²) in [5, 5.41) is -0.598. The second-order valence-corrected chi connectivity index (χ2v) is 8.07. The molecule has 0 radical (unpaired) electrons. The van der Waals surface area contributed by atoms with Crippen LogP contribution < -0.4 is 4.72 Å². The van der Waals surface area contributed by atoms with Gasteiger partial charge in [-0.2, -0.15) is 13.2 Å². The van der Waals surface area contributed by atoms with Gasteiger partial charge < -0.3 is 4.90 Å². The van der Waals surface area contributed by atoms with Crippen molar-refractivity contribution in [1.82, 2.24) is 14.6 Å². The minimum atomic E-state index is -4.78. The second kappa shape index (κ2) is 8.89. The number of aromatic nitrogens is 1. The Hall–Kier alpha value is -2.17. The highest BCUT2D eigenvalue weighted by atomic mass is 35.5. The molecule has 0 unspecified atom stereocenters. The van der Waals surface area contributed by atoms with Crippen LogP contribution in [-0.2, 0) is 27.5 Å². The second-order valence-electron chi connectivity index (χ2n) is 5.90. The van der Waals surface area contributed by atoms with Gasteiger partial charge >= 0.3 is 6.18 Å². The van der Waals surface area contributed by atoms with Crippen LogP contribution in [0.4, 0.5) is 13.2 Å². The zero-order valence-electron chi connectivity index (χ0n) is 14.7. The van der Waals surface area contributed by atoms with Crippen LogP contribution in [0.2, 0.25) is 5.02 Å². The van der Waals surface area contributed by atoms with Gasteiger partial charge in [-0.05, 0) is 29.8 Å². The number of halogens is 4. The van der Waals surface area contributed by atoms with Gasteiger partial charge in [-0.1, -0.05) is 17.7 Å². The Morgan fingerprint density at radius 2 is 2.00 bits per heavy atom. The van der Waals surface area contributed by atoms with Crippen molar-refractivity contribution in [2.75, 3.05) is 13.6 Å². The summed E-state index contributed by atoms with van der Waals surface area (Å²) in [5.74, 6) is -0.335. The largest absolute Gasteiger partial charge is 0.417 e. The summed E-state index contributed by atoms with van der Waals surface area (Å²) in [6.45, 7) is 0.0358. The van der Waals surface area contributed by atoms with Gasteiger partial charge in [-0.3, -0.25) is 9.78 Å². The van der Waals surface area contributed by atoms with E-state index < -0.39 is 31.7 Å². The summed E-state index contributed by atoms with van der Waals surface area (Å²) in [4.78, 5) is 16.9. The zero-order valence-corrected chi connectivity index (χ0v) is 16.3. The van der Waals surface area contributed by atoms with E-state index in [0.717, 1.165) is 17.7 Å². The number of carbonyl (C=O) groups is 1. The number of carbonyl (C=O) groups excluding carboxylic acids is 1. The summed E-state index contributed by atoms with van der Waals surface area (Å²) in [7, 11) is -2.68. The SMILES string of the molecule is CN(Cc1cccnc1)C(=O)CCNS(=O)(=O)c1ccc(Cl)c(C(F)(F)F)c1. The van der Waals surface area contributed by atoms with E-state index in [2.05, 4.69) is 9.71 Å².